The minimum Gasteiger partial charge on any atom is -0.444 e. The number of amides is 1. The first-order valence-corrected chi connectivity index (χ1v) is 6.39. The Balaban J connectivity index is 2.53. The number of nitrogens with one attached hydrogen (secondary N) is 1. The zero-order valence-electron chi connectivity index (χ0n) is 11.8. The van der Waals surface area contributed by atoms with Gasteiger partial charge in [0, 0.05) is 6.42 Å². The Morgan fingerprint density at radius 2 is 1.89 bits per heavy atom. The van der Waals surface area contributed by atoms with Gasteiger partial charge in [-0.1, -0.05) is 19.1 Å². The first-order valence-electron chi connectivity index (χ1n) is 6.39. The zero-order chi connectivity index (χ0) is 14.0. The predicted octanol–water partition coefficient (Wildman–Crippen LogP) is 2.97. The maximum atomic E-state index is 12.1. The third-order valence-corrected chi connectivity index (χ3v) is 2.93. The second kappa shape index (κ2) is 5.12. The van der Waals surface area contributed by atoms with E-state index in [0.717, 1.165) is 12.0 Å². The number of carbonyl (C=O) groups is 2. The van der Waals surface area contributed by atoms with E-state index >= 15 is 0 Å². The zero-order valence-corrected chi connectivity index (χ0v) is 11.8. The van der Waals surface area contributed by atoms with Crippen LogP contribution < -0.4 is 5.32 Å². The van der Waals surface area contributed by atoms with E-state index in [1.165, 1.54) is 0 Å². The summed E-state index contributed by atoms with van der Waals surface area (Å²) in [6.45, 7) is 11.2. The summed E-state index contributed by atoms with van der Waals surface area (Å²) in [6.07, 6.45) is 2.00. The second-order valence-electron chi connectivity index (χ2n) is 5.91. The van der Waals surface area contributed by atoms with Crippen molar-refractivity contribution in [1.29, 1.82) is 0 Å². The molecule has 0 spiro atoms. The van der Waals surface area contributed by atoms with Crippen LogP contribution in [0.4, 0.5) is 4.79 Å². The molecule has 1 aliphatic carbocycles. The van der Waals surface area contributed by atoms with Gasteiger partial charge in [0.05, 0.1) is 0 Å². The van der Waals surface area contributed by atoms with Crippen LogP contribution in [0.1, 0.15) is 53.4 Å². The number of allylic oxidation sites excluding steroid dienone is 1. The lowest BCUT2D eigenvalue weighted by molar-refractivity contribution is -0.121. The Kier molecular flexibility index (Phi) is 4.20. The van der Waals surface area contributed by atoms with E-state index in [0.29, 0.717) is 19.3 Å². The molecule has 1 rings (SSSR count). The van der Waals surface area contributed by atoms with Gasteiger partial charge in [-0.2, -0.15) is 0 Å². The monoisotopic (exact) mass is 253 g/mol. The third-order valence-electron chi connectivity index (χ3n) is 2.93. The van der Waals surface area contributed by atoms with Gasteiger partial charge < -0.3 is 10.1 Å². The van der Waals surface area contributed by atoms with Gasteiger partial charge in [0.25, 0.3) is 0 Å². The van der Waals surface area contributed by atoms with Crippen LogP contribution in [0.5, 0.6) is 0 Å². The van der Waals surface area contributed by atoms with Crippen molar-refractivity contribution in [3.63, 3.8) is 0 Å². The van der Waals surface area contributed by atoms with Crippen LogP contribution in [-0.2, 0) is 9.53 Å². The molecule has 1 N–H and O–H groups in total. The topological polar surface area (TPSA) is 55.4 Å². The van der Waals surface area contributed by atoms with E-state index in [1.54, 1.807) is 20.8 Å². The van der Waals surface area contributed by atoms with E-state index in [2.05, 4.69) is 11.9 Å². The molecule has 0 aromatic heterocycles. The van der Waals surface area contributed by atoms with Gasteiger partial charge in [-0.3, -0.25) is 4.79 Å². The number of hydrogen-bond acceptors (Lipinski definition) is 3. The summed E-state index contributed by atoms with van der Waals surface area (Å²) in [4.78, 5) is 23.7. The highest BCUT2D eigenvalue weighted by molar-refractivity contribution is 5.95. The molecule has 1 fully saturated rings. The molecule has 1 aliphatic rings. The van der Waals surface area contributed by atoms with Gasteiger partial charge in [0.15, 0.2) is 5.78 Å². The summed E-state index contributed by atoms with van der Waals surface area (Å²) in [5.74, 6) is 0.0419. The van der Waals surface area contributed by atoms with Gasteiger partial charge in [-0.15, -0.1) is 0 Å². The highest BCUT2D eigenvalue weighted by atomic mass is 16.6. The molecule has 0 atom stereocenters. The molecule has 102 valence electrons. The number of ether oxygens (including phenoxy) is 1. The average Bonchev–Trinajstić information content (AvgIpc) is 2.95. The quantitative estimate of drug-likeness (QED) is 0.766. The first kappa shape index (κ1) is 14.7. The van der Waals surface area contributed by atoms with E-state index in [1.807, 2.05) is 6.92 Å². The largest absolute Gasteiger partial charge is 0.444 e. The minimum absolute atomic E-state index is 0.0419. The number of carbonyl (C=O) groups excluding carboxylic acids is 2. The van der Waals surface area contributed by atoms with Crippen LogP contribution in [-0.4, -0.2) is 23.0 Å². The standard InChI is InChI=1S/C14H23NO3/c1-6-10(2)9-11(16)14(7-8-14)15-12(17)18-13(3,4)5/h2,6-9H2,1,3-5H3,(H,15,17). The van der Waals surface area contributed by atoms with E-state index in [4.69, 9.17) is 4.74 Å². The van der Waals surface area contributed by atoms with E-state index in [-0.39, 0.29) is 5.78 Å². The van der Waals surface area contributed by atoms with Crippen LogP contribution in [0.3, 0.4) is 0 Å². The van der Waals surface area contributed by atoms with Crippen LogP contribution in [0, 0.1) is 0 Å². The summed E-state index contributed by atoms with van der Waals surface area (Å²) < 4.78 is 5.17. The highest BCUT2D eigenvalue weighted by Crippen LogP contribution is 2.38. The van der Waals surface area contributed by atoms with Crippen molar-refractivity contribution in [3.05, 3.63) is 12.2 Å². The molecule has 0 unspecified atom stereocenters. The number of rotatable bonds is 5. The second-order valence-corrected chi connectivity index (χ2v) is 5.91. The number of hydrogen-bond donors (Lipinski definition) is 1. The molecule has 0 bridgehead atoms. The fourth-order valence-electron chi connectivity index (χ4n) is 1.62. The lowest BCUT2D eigenvalue weighted by atomic mass is 10.0. The summed E-state index contributed by atoms with van der Waals surface area (Å²) in [7, 11) is 0. The van der Waals surface area contributed by atoms with Gasteiger partial charge in [0.1, 0.15) is 11.1 Å². The Bertz CT molecular complexity index is 362. The average molecular weight is 253 g/mol. The van der Waals surface area contributed by atoms with Gasteiger partial charge in [-0.05, 0) is 40.0 Å². The van der Waals surface area contributed by atoms with E-state index < -0.39 is 17.2 Å². The summed E-state index contributed by atoms with van der Waals surface area (Å²) in [5.41, 5.74) is -0.339. The first-order chi connectivity index (χ1) is 8.18. The van der Waals surface area contributed by atoms with Crippen molar-refractivity contribution < 1.29 is 14.3 Å². The molecule has 1 amide bonds. The lowest BCUT2D eigenvalue weighted by Crippen LogP contribution is -2.45. The summed E-state index contributed by atoms with van der Waals surface area (Å²) in [5, 5.41) is 2.70. The molecule has 4 nitrogen and oxygen atoms in total. The number of ketones is 1. The molecule has 4 heteroatoms. The lowest BCUT2D eigenvalue weighted by Gasteiger charge is -2.23. The molecule has 0 aliphatic heterocycles. The molecular formula is C14H23NO3. The van der Waals surface area contributed by atoms with E-state index in [9.17, 15) is 9.59 Å². The van der Waals surface area contributed by atoms with Crippen molar-refractivity contribution in [2.45, 2.75) is 64.5 Å². The smallest absolute Gasteiger partial charge is 0.408 e. The van der Waals surface area contributed by atoms with Crippen LogP contribution in [0.25, 0.3) is 0 Å². The molecule has 18 heavy (non-hydrogen) atoms. The van der Waals surface area contributed by atoms with Crippen molar-refractivity contribution in [2.24, 2.45) is 0 Å². The third kappa shape index (κ3) is 4.17. The maximum absolute atomic E-state index is 12.1. The highest BCUT2D eigenvalue weighted by Gasteiger charge is 2.51. The molecule has 1 saturated carbocycles. The minimum atomic E-state index is -0.694. The molecule has 0 saturated heterocycles. The van der Waals surface area contributed by atoms with Crippen LogP contribution in [0.15, 0.2) is 12.2 Å². The maximum Gasteiger partial charge on any atom is 0.408 e. The van der Waals surface area contributed by atoms with Crippen LogP contribution >= 0.6 is 0 Å². The Morgan fingerprint density at radius 3 is 2.28 bits per heavy atom. The Labute approximate surface area is 109 Å². The normalized spacial score (nSPS) is 16.9. The Morgan fingerprint density at radius 1 is 1.33 bits per heavy atom. The molecule has 0 aromatic carbocycles. The Hall–Kier alpha value is -1.32. The fraction of sp³-hybridized carbons (Fsp3) is 0.714. The summed E-state index contributed by atoms with van der Waals surface area (Å²) in [6, 6.07) is 0. The molecule has 0 aromatic rings. The summed E-state index contributed by atoms with van der Waals surface area (Å²) >= 11 is 0. The van der Waals surface area contributed by atoms with Gasteiger partial charge in [-0.25, -0.2) is 4.79 Å². The van der Waals surface area contributed by atoms with Crippen molar-refractivity contribution in [1.82, 2.24) is 5.32 Å². The van der Waals surface area contributed by atoms with Crippen molar-refractivity contribution in [2.75, 3.05) is 0 Å². The fourth-order valence-corrected chi connectivity index (χ4v) is 1.62. The number of Topliss-reactive ketones (excluding diaryl/α,β-unsaturated/α-hetero) is 1. The molecule has 0 radical (unpaired) electrons. The number of alkyl carbamates (subject to hydrolysis) is 1. The van der Waals surface area contributed by atoms with Gasteiger partial charge in [0.2, 0.25) is 0 Å². The molecule has 0 heterocycles. The molecular weight excluding hydrogens is 230 g/mol. The van der Waals surface area contributed by atoms with Crippen molar-refractivity contribution in [3.8, 4) is 0 Å². The SMILES string of the molecule is C=C(CC)CC(=O)C1(NC(=O)OC(C)(C)C)CC1. The van der Waals surface area contributed by atoms with Crippen molar-refractivity contribution >= 4 is 11.9 Å². The van der Waals surface area contributed by atoms with Gasteiger partial charge >= 0.3 is 6.09 Å². The predicted molar refractivity (Wildman–Crippen MR) is 70.4 cm³/mol. The van der Waals surface area contributed by atoms with Crippen LogP contribution in [0.2, 0.25) is 0 Å².